The van der Waals surface area contributed by atoms with Gasteiger partial charge in [0.15, 0.2) is 6.61 Å². The van der Waals surface area contributed by atoms with E-state index in [2.05, 4.69) is 9.99 Å². The van der Waals surface area contributed by atoms with Gasteiger partial charge in [-0.05, 0) is 44.2 Å². The summed E-state index contributed by atoms with van der Waals surface area (Å²) in [6, 6.07) is 9.97. The van der Waals surface area contributed by atoms with Gasteiger partial charge >= 0.3 is 17.9 Å². The lowest BCUT2D eigenvalue weighted by Gasteiger charge is -2.05. The van der Waals surface area contributed by atoms with Crippen LogP contribution < -0.4 is 0 Å². The average Bonchev–Trinajstić information content (AvgIpc) is 3.29. The van der Waals surface area contributed by atoms with Crippen LogP contribution in [0.4, 0.5) is 0 Å². The highest BCUT2D eigenvalue weighted by molar-refractivity contribution is 6.24. The number of hydrogen-bond donors (Lipinski definition) is 0. The lowest BCUT2D eigenvalue weighted by atomic mass is 10.1. The van der Waals surface area contributed by atoms with Crippen molar-refractivity contribution in [2.75, 3.05) is 13.2 Å². The van der Waals surface area contributed by atoms with Crippen LogP contribution in [0.25, 0.3) is 17.4 Å². The van der Waals surface area contributed by atoms with Crippen LogP contribution in [0.5, 0.6) is 0 Å². The number of furan rings is 1. The van der Waals surface area contributed by atoms with Crippen LogP contribution in [-0.4, -0.2) is 36.8 Å². The van der Waals surface area contributed by atoms with Gasteiger partial charge in [-0.15, -0.1) is 0 Å². The van der Waals surface area contributed by atoms with E-state index in [4.69, 9.17) is 13.9 Å². The monoisotopic (exact) mass is 383 g/mol. The van der Waals surface area contributed by atoms with Gasteiger partial charge in [-0.2, -0.15) is 0 Å². The lowest BCUT2D eigenvalue weighted by Crippen LogP contribution is -2.16. The molecule has 0 saturated heterocycles. The Morgan fingerprint density at radius 3 is 2.71 bits per heavy atom. The summed E-state index contributed by atoms with van der Waals surface area (Å²) in [6.07, 6.45) is 1.54. The Morgan fingerprint density at radius 1 is 1.18 bits per heavy atom. The molecule has 0 aliphatic carbocycles. The van der Waals surface area contributed by atoms with E-state index in [9.17, 15) is 14.4 Å². The second-order valence-electron chi connectivity index (χ2n) is 5.78. The van der Waals surface area contributed by atoms with Crippen molar-refractivity contribution < 1.29 is 33.1 Å². The molecule has 0 saturated carbocycles. The first-order valence-electron chi connectivity index (χ1n) is 8.49. The summed E-state index contributed by atoms with van der Waals surface area (Å²) in [7, 11) is 0. The summed E-state index contributed by atoms with van der Waals surface area (Å²) in [6.45, 7) is 3.09. The Kier molecular flexibility index (Phi) is 5.69. The van der Waals surface area contributed by atoms with Crippen molar-refractivity contribution in [3.05, 3.63) is 53.3 Å². The van der Waals surface area contributed by atoms with E-state index >= 15 is 0 Å². The number of carbonyl (C=O) groups is 3. The third kappa shape index (κ3) is 4.35. The van der Waals surface area contributed by atoms with Crippen molar-refractivity contribution in [3.8, 4) is 11.3 Å². The fourth-order valence-corrected chi connectivity index (χ4v) is 2.46. The molecule has 0 atom stereocenters. The van der Waals surface area contributed by atoms with E-state index in [0.717, 1.165) is 0 Å². The number of esters is 2. The van der Waals surface area contributed by atoms with E-state index in [0.29, 0.717) is 28.4 Å². The number of rotatable bonds is 6. The molecule has 0 fully saturated rings. The summed E-state index contributed by atoms with van der Waals surface area (Å²) in [5.41, 5.74) is 1.68. The molecule has 8 nitrogen and oxygen atoms in total. The maximum Gasteiger partial charge on any atom is 0.367 e. The molecule has 144 valence electrons. The summed E-state index contributed by atoms with van der Waals surface area (Å²) in [5.74, 6) is -0.868. The number of benzene rings is 1. The predicted molar refractivity (Wildman–Crippen MR) is 98.2 cm³/mol. The molecule has 2 heterocycles. The van der Waals surface area contributed by atoms with Crippen molar-refractivity contribution in [2.24, 2.45) is 5.16 Å². The number of ether oxygens (including phenoxy) is 2. The highest BCUT2D eigenvalue weighted by Gasteiger charge is 2.22. The first-order valence-corrected chi connectivity index (χ1v) is 8.49. The molecule has 2 aromatic rings. The average molecular weight is 383 g/mol. The molecule has 1 aromatic heterocycles. The van der Waals surface area contributed by atoms with Gasteiger partial charge in [0.05, 0.1) is 23.5 Å². The third-order valence-electron chi connectivity index (χ3n) is 3.80. The van der Waals surface area contributed by atoms with Crippen LogP contribution in [0.3, 0.4) is 0 Å². The van der Waals surface area contributed by atoms with E-state index < -0.39 is 24.5 Å². The van der Waals surface area contributed by atoms with Crippen LogP contribution in [0.2, 0.25) is 0 Å². The molecule has 1 aliphatic rings. The van der Waals surface area contributed by atoms with Gasteiger partial charge in [0, 0.05) is 5.56 Å². The van der Waals surface area contributed by atoms with E-state index in [1.165, 1.54) is 6.08 Å². The maximum atomic E-state index is 12.1. The van der Waals surface area contributed by atoms with Gasteiger partial charge in [-0.25, -0.2) is 14.4 Å². The fraction of sp³-hybridized carbons (Fsp3) is 0.200. The summed E-state index contributed by atoms with van der Waals surface area (Å²) < 4.78 is 15.4. The number of nitrogens with zero attached hydrogens (tertiary/aromatic N) is 1. The van der Waals surface area contributed by atoms with Gasteiger partial charge < -0.3 is 18.7 Å². The molecular formula is C20H17NO7. The van der Waals surface area contributed by atoms with E-state index in [1.54, 1.807) is 50.2 Å². The van der Waals surface area contributed by atoms with Crippen LogP contribution in [0, 0.1) is 0 Å². The second kappa shape index (κ2) is 8.34. The molecule has 28 heavy (non-hydrogen) atoms. The van der Waals surface area contributed by atoms with Crippen LogP contribution >= 0.6 is 0 Å². The van der Waals surface area contributed by atoms with Crippen molar-refractivity contribution in [1.29, 1.82) is 0 Å². The lowest BCUT2D eigenvalue weighted by molar-refractivity contribution is -0.146. The van der Waals surface area contributed by atoms with Gasteiger partial charge in [-0.3, -0.25) is 0 Å². The molecule has 1 aromatic carbocycles. The van der Waals surface area contributed by atoms with Crippen LogP contribution in [-0.2, 0) is 23.9 Å². The molecule has 0 N–H and O–H groups in total. The largest absolute Gasteiger partial charge is 0.463 e. The topological polar surface area (TPSA) is 104 Å². The molecule has 3 rings (SSSR count). The van der Waals surface area contributed by atoms with Crippen molar-refractivity contribution in [2.45, 2.75) is 13.8 Å². The number of carbonyl (C=O) groups excluding carboxylic acids is 3. The number of oxime groups is 1. The summed E-state index contributed by atoms with van der Waals surface area (Å²) >= 11 is 0. The zero-order valence-electron chi connectivity index (χ0n) is 15.3. The van der Waals surface area contributed by atoms with Crippen LogP contribution in [0.15, 0.2) is 51.5 Å². The Hall–Kier alpha value is -3.68. The molecule has 8 heteroatoms. The quantitative estimate of drug-likeness (QED) is 0.429. The SMILES string of the molecule is CCOC(=O)COC(=O)c1cccc(-c2ccc(/C=C3\C(=O)ON=C3C)o2)c1. The summed E-state index contributed by atoms with van der Waals surface area (Å²) in [4.78, 5) is 39.6. The Morgan fingerprint density at radius 2 is 2.00 bits per heavy atom. The third-order valence-corrected chi connectivity index (χ3v) is 3.80. The zero-order chi connectivity index (χ0) is 20.1. The zero-order valence-corrected chi connectivity index (χ0v) is 15.3. The van der Waals surface area contributed by atoms with Gasteiger partial charge in [0.1, 0.15) is 11.5 Å². The molecule has 1 aliphatic heterocycles. The Balaban J connectivity index is 1.74. The first kappa shape index (κ1) is 19.1. The smallest absolute Gasteiger partial charge is 0.367 e. The highest BCUT2D eigenvalue weighted by Crippen LogP contribution is 2.25. The standard InChI is InChI=1S/C20H17NO7/c1-3-25-18(22)11-26-19(23)14-6-4-5-13(9-14)17-8-7-15(27-17)10-16-12(2)21-28-20(16)24/h4-10H,3,11H2,1-2H3/b16-10-. The normalized spacial score (nSPS) is 14.6. The van der Waals surface area contributed by atoms with Gasteiger partial charge in [0.2, 0.25) is 0 Å². The van der Waals surface area contributed by atoms with Crippen molar-refractivity contribution >= 4 is 29.7 Å². The second-order valence-corrected chi connectivity index (χ2v) is 5.78. The minimum absolute atomic E-state index is 0.214. The fourth-order valence-electron chi connectivity index (χ4n) is 2.46. The first-order chi connectivity index (χ1) is 13.5. The van der Waals surface area contributed by atoms with Crippen LogP contribution in [0.1, 0.15) is 30.0 Å². The molecule has 0 bridgehead atoms. The van der Waals surface area contributed by atoms with E-state index in [-0.39, 0.29) is 12.2 Å². The highest BCUT2D eigenvalue weighted by atomic mass is 16.7. The minimum Gasteiger partial charge on any atom is -0.463 e. The Labute approximate surface area is 160 Å². The molecular weight excluding hydrogens is 366 g/mol. The maximum absolute atomic E-state index is 12.1. The van der Waals surface area contributed by atoms with E-state index in [1.807, 2.05) is 0 Å². The molecule has 0 unspecified atom stereocenters. The van der Waals surface area contributed by atoms with Crippen molar-refractivity contribution in [3.63, 3.8) is 0 Å². The number of hydrogen-bond acceptors (Lipinski definition) is 8. The van der Waals surface area contributed by atoms with Gasteiger partial charge in [-0.1, -0.05) is 17.3 Å². The Bertz CT molecular complexity index is 984. The van der Waals surface area contributed by atoms with Crippen molar-refractivity contribution in [1.82, 2.24) is 0 Å². The van der Waals surface area contributed by atoms with Gasteiger partial charge in [0.25, 0.3) is 0 Å². The summed E-state index contributed by atoms with van der Waals surface area (Å²) in [5, 5.41) is 3.60. The molecule has 0 spiro atoms. The predicted octanol–water partition coefficient (Wildman–Crippen LogP) is 2.98. The molecule has 0 radical (unpaired) electrons. The molecule has 0 amide bonds. The minimum atomic E-state index is -0.649.